The number of hydrogen-bond donors (Lipinski definition) is 1. The third kappa shape index (κ3) is 2.89. The minimum Gasteiger partial charge on any atom is -0.384 e. The summed E-state index contributed by atoms with van der Waals surface area (Å²) in [5.41, 5.74) is 2.46. The summed E-state index contributed by atoms with van der Waals surface area (Å²) in [4.78, 5) is 0. The summed E-state index contributed by atoms with van der Waals surface area (Å²) in [5, 5.41) is 11.2. The maximum absolute atomic E-state index is 10.4. The van der Waals surface area contributed by atoms with Crippen molar-refractivity contribution in [3.8, 4) is 0 Å². The Labute approximate surface area is 124 Å². The molecule has 0 heterocycles. The number of hydrogen-bond acceptors (Lipinski definition) is 1. The topological polar surface area (TPSA) is 20.2 Å². The van der Waals surface area contributed by atoms with E-state index in [1.165, 1.54) is 0 Å². The van der Waals surface area contributed by atoms with E-state index < -0.39 is 6.10 Å². The van der Waals surface area contributed by atoms with E-state index in [0.29, 0.717) is 15.6 Å². The summed E-state index contributed by atoms with van der Waals surface area (Å²) in [7, 11) is 0. The van der Waals surface area contributed by atoms with Crippen molar-refractivity contribution < 1.29 is 5.11 Å². The Balaban J connectivity index is 2.47. The highest BCUT2D eigenvalue weighted by atomic mass is 79.9. The van der Waals surface area contributed by atoms with Crippen LogP contribution in [0.2, 0.25) is 10.0 Å². The third-order valence-corrected chi connectivity index (χ3v) is 3.95. The number of halogens is 3. The SMILES string of the molecule is Cc1cc(Br)cc(C(O)c2cccc(Cl)c2Cl)c1. The number of aryl methyl sites for hydroxylation is 1. The lowest BCUT2D eigenvalue weighted by Gasteiger charge is -2.15. The van der Waals surface area contributed by atoms with Gasteiger partial charge in [0.2, 0.25) is 0 Å². The van der Waals surface area contributed by atoms with Crippen LogP contribution in [0.1, 0.15) is 22.8 Å². The first-order valence-corrected chi connectivity index (χ1v) is 6.93. The van der Waals surface area contributed by atoms with Crippen LogP contribution in [0.5, 0.6) is 0 Å². The molecule has 18 heavy (non-hydrogen) atoms. The van der Waals surface area contributed by atoms with Crippen LogP contribution >= 0.6 is 39.1 Å². The van der Waals surface area contributed by atoms with Crippen LogP contribution in [0, 0.1) is 6.92 Å². The fourth-order valence-corrected chi connectivity index (χ4v) is 2.87. The monoisotopic (exact) mass is 344 g/mol. The van der Waals surface area contributed by atoms with Gasteiger partial charge >= 0.3 is 0 Å². The summed E-state index contributed by atoms with van der Waals surface area (Å²) in [6, 6.07) is 11.0. The second-order valence-electron chi connectivity index (χ2n) is 4.11. The standard InChI is InChI=1S/C14H11BrCl2O/c1-8-5-9(7-10(15)6-8)14(18)11-3-2-4-12(16)13(11)17/h2-7,14,18H,1H3. The molecule has 1 nitrogen and oxygen atoms in total. The number of aliphatic hydroxyl groups excluding tert-OH is 1. The predicted molar refractivity (Wildman–Crippen MR) is 79.4 cm³/mol. The van der Waals surface area contributed by atoms with Crippen molar-refractivity contribution in [3.05, 3.63) is 67.6 Å². The molecule has 0 bridgehead atoms. The van der Waals surface area contributed by atoms with Crippen molar-refractivity contribution in [2.24, 2.45) is 0 Å². The van der Waals surface area contributed by atoms with Gasteiger partial charge in [0, 0.05) is 10.0 Å². The highest BCUT2D eigenvalue weighted by Gasteiger charge is 2.16. The molecule has 1 unspecified atom stereocenters. The highest BCUT2D eigenvalue weighted by Crippen LogP contribution is 2.34. The summed E-state index contributed by atoms with van der Waals surface area (Å²) >= 11 is 15.5. The molecule has 0 aliphatic heterocycles. The fourth-order valence-electron chi connectivity index (χ4n) is 1.83. The number of benzene rings is 2. The average Bonchev–Trinajstić information content (AvgIpc) is 2.30. The molecule has 0 amide bonds. The maximum Gasteiger partial charge on any atom is 0.106 e. The van der Waals surface area contributed by atoms with Crippen molar-refractivity contribution in [1.29, 1.82) is 0 Å². The summed E-state index contributed by atoms with van der Waals surface area (Å²) in [6.45, 7) is 1.97. The molecule has 2 aromatic carbocycles. The molecule has 0 aliphatic carbocycles. The molecular weight excluding hydrogens is 335 g/mol. The molecule has 0 aliphatic rings. The van der Waals surface area contributed by atoms with E-state index in [1.54, 1.807) is 18.2 Å². The lowest BCUT2D eigenvalue weighted by Crippen LogP contribution is -2.01. The molecule has 1 atom stereocenters. The molecule has 0 spiro atoms. The Morgan fingerprint density at radius 1 is 1.17 bits per heavy atom. The zero-order valence-electron chi connectivity index (χ0n) is 9.62. The van der Waals surface area contributed by atoms with Crippen LogP contribution in [0.15, 0.2) is 40.9 Å². The first kappa shape index (κ1) is 13.9. The van der Waals surface area contributed by atoms with Crippen LogP contribution in [-0.4, -0.2) is 5.11 Å². The van der Waals surface area contributed by atoms with E-state index in [9.17, 15) is 5.11 Å². The molecule has 94 valence electrons. The van der Waals surface area contributed by atoms with Gasteiger partial charge in [-0.1, -0.05) is 57.3 Å². The van der Waals surface area contributed by atoms with E-state index in [4.69, 9.17) is 23.2 Å². The van der Waals surface area contributed by atoms with Gasteiger partial charge in [-0.3, -0.25) is 0 Å². The number of rotatable bonds is 2. The average molecular weight is 346 g/mol. The molecule has 4 heteroatoms. The Kier molecular flexibility index (Phi) is 4.33. The maximum atomic E-state index is 10.4. The molecule has 0 saturated carbocycles. The Morgan fingerprint density at radius 2 is 1.89 bits per heavy atom. The van der Waals surface area contributed by atoms with E-state index >= 15 is 0 Å². The van der Waals surface area contributed by atoms with Crippen molar-refractivity contribution in [2.45, 2.75) is 13.0 Å². The second kappa shape index (κ2) is 5.62. The van der Waals surface area contributed by atoms with Gasteiger partial charge in [0.25, 0.3) is 0 Å². The Morgan fingerprint density at radius 3 is 2.56 bits per heavy atom. The van der Waals surface area contributed by atoms with Crippen molar-refractivity contribution >= 4 is 39.1 Å². The van der Waals surface area contributed by atoms with Gasteiger partial charge in [0.05, 0.1) is 10.0 Å². The largest absolute Gasteiger partial charge is 0.384 e. The Hall–Kier alpha value is -0.540. The smallest absolute Gasteiger partial charge is 0.106 e. The van der Waals surface area contributed by atoms with Gasteiger partial charge < -0.3 is 5.11 Å². The number of aliphatic hydroxyl groups is 1. The van der Waals surface area contributed by atoms with Crippen LogP contribution in [0.3, 0.4) is 0 Å². The lowest BCUT2D eigenvalue weighted by molar-refractivity contribution is 0.220. The van der Waals surface area contributed by atoms with Gasteiger partial charge in [-0.05, 0) is 36.2 Å². The van der Waals surface area contributed by atoms with Gasteiger partial charge in [-0.2, -0.15) is 0 Å². The fraction of sp³-hybridized carbons (Fsp3) is 0.143. The van der Waals surface area contributed by atoms with Gasteiger partial charge in [0.1, 0.15) is 6.10 Å². The molecule has 0 aromatic heterocycles. The summed E-state index contributed by atoms with van der Waals surface area (Å²) in [6.07, 6.45) is -0.785. The minimum absolute atomic E-state index is 0.393. The first-order chi connectivity index (χ1) is 8.49. The summed E-state index contributed by atoms with van der Waals surface area (Å²) < 4.78 is 0.926. The van der Waals surface area contributed by atoms with Crippen LogP contribution < -0.4 is 0 Å². The van der Waals surface area contributed by atoms with Crippen molar-refractivity contribution in [3.63, 3.8) is 0 Å². The highest BCUT2D eigenvalue weighted by molar-refractivity contribution is 9.10. The van der Waals surface area contributed by atoms with E-state index in [1.807, 2.05) is 25.1 Å². The zero-order chi connectivity index (χ0) is 13.3. The van der Waals surface area contributed by atoms with E-state index in [2.05, 4.69) is 15.9 Å². The molecule has 2 rings (SSSR count). The second-order valence-corrected chi connectivity index (χ2v) is 5.81. The van der Waals surface area contributed by atoms with Gasteiger partial charge in [-0.25, -0.2) is 0 Å². The van der Waals surface area contributed by atoms with E-state index in [-0.39, 0.29) is 0 Å². The van der Waals surface area contributed by atoms with Crippen molar-refractivity contribution in [1.82, 2.24) is 0 Å². The summed E-state index contributed by atoms with van der Waals surface area (Å²) in [5.74, 6) is 0. The van der Waals surface area contributed by atoms with E-state index in [0.717, 1.165) is 15.6 Å². The van der Waals surface area contributed by atoms with Crippen LogP contribution in [-0.2, 0) is 0 Å². The normalized spacial score (nSPS) is 12.5. The molecule has 2 aromatic rings. The Bertz CT molecular complexity index is 564. The lowest BCUT2D eigenvalue weighted by atomic mass is 10.00. The molecule has 1 N–H and O–H groups in total. The third-order valence-electron chi connectivity index (χ3n) is 2.66. The van der Waals surface area contributed by atoms with Crippen LogP contribution in [0.4, 0.5) is 0 Å². The zero-order valence-corrected chi connectivity index (χ0v) is 12.7. The minimum atomic E-state index is -0.785. The first-order valence-electron chi connectivity index (χ1n) is 5.38. The molecule has 0 fully saturated rings. The van der Waals surface area contributed by atoms with Crippen molar-refractivity contribution in [2.75, 3.05) is 0 Å². The molecule has 0 radical (unpaired) electrons. The van der Waals surface area contributed by atoms with Crippen LogP contribution in [0.25, 0.3) is 0 Å². The molecule has 0 saturated heterocycles. The predicted octanol–water partition coefficient (Wildman–Crippen LogP) is 5.15. The molecular formula is C14H11BrCl2O. The van der Waals surface area contributed by atoms with Gasteiger partial charge in [-0.15, -0.1) is 0 Å². The quantitative estimate of drug-likeness (QED) is 0.798. The van der Waals surface area contributed by atoms with Gasteiger partial charge in [0.15, 0.2) is 0 Å².